The maximum atomic E-state index is 14.4. The minimum atomic E-state index is -0.105. The number of halogens is 1. The van der Waals surface area contributed by atoms with E-state index in [1.165, 1.54) is 0 Å². The molecule has 1 aromatic rings. The maximum absolute atomic E-state index is 14.4. The molecule has 1 N–H and O–H groups in total. The van der Waals surface area contributed by atoms with Gasteiger partial charge in [0, 0.05) is 38.8 Å². The molecule has 0 spiro atoms. The van der Waals surface area contributed by atoms with Crippen molar-refractivity contribution in [3.05, 3.63) is 29.6 Å². The van der Waals surface area contributed by atoms with E-state index in [4.69, 9.17) is 0 Å². The van der Waals surface area contributed by atoms with Crippen molar-refractivity contribution in [2.24, 2.45) is 5.92 Å². The number of para-hydroxylation sites is 1. The molecular weight excluding hydrogens is 265 g/mol. The van der Waals surface area contributed by atoms with E-state index in [0.29, 0.717) is 5.92 Å². The summed E-state index contributed by atoms with van der Waals surface area (Å²) >= 11 is 0. The minimum absolute atomic E-state index is 0.105. The molecule has 21 heavy (non-hydrogen) atoms. The Balaban J connectivity index is 2.13. The van der Waals surface area contributed by atoms with Crippen molar-refractivity contribution in [3.8, 4) is 0 Å². The molecule has 1 saturated heterocycles. The minimum Gasteiger partial charge on any atom is -0.366 e. The Morgan fingerprint density at radius 2 is 1.81 bits per heavy atom. The van der Waals surface area contributed by atoms with E-state index < -0.39 is 0 Å². The summed E-state index contributed by atoms with van der Waals surface area (Å²) in [5.41, 5.74) is 1.83. The number of hydrogen-bond acceptors (Lipinski definition) is 3. The second kappa shape index (κ2) is 7.23. The zero-order valence-corrected chi connectivity index (χ0v) is 13.7. The topological polar surface area (TPSA) is 18.5 Å². The number of anilines is 1. The first kappa shape index (κ1) is 16.2. The predicted molar refractivity (Wildman–Crippen MR) is 87.4 cm³/mol. The van der Waals surface area contributed by atoms with Crippen LogP contribution in [0.15, 0.2) is 18.2 Å². The van der Waals surface area contributed by atoms with Crippen molar-refractivity contribution < 1.29 is 4.39 Å². The van der Waals surface area contributed by atoms with Gasteiger partial charge in [-0.25, -0.2) is 4.39 Å². The SMILES string of the molecule is CNC(C)c1cccc(F)c1N1CCN(CC(C)C)CC1. The van der Waals surface area contributed by atoms with Crippen LogP contribution in [0, 0.1) is 11.7 Å². The Bertz CT molecular complexity index is 453. The van der Waals surface area contributed by atoms with Crippen molar-refractivity contribution in [2.75, 3.05) is 44.7 Å². The third-order valence-corrected chi connectivity index (χ3v) is 4.23. The highest BCUT2D eigenvalue weighted by Crippen LogP contribution is 2.30. The fourth-order valence-corrected chi connectivity index (χ4v) is 3.04. The van der Waals surface area contributed by atoms with Crippen LogP contribution in [0.25, 0.3) is 0 Å². The van der Waals surface area contributed by atoms with E-state index in [-0.39, 0.29) is 11.9 Å². The number of piperazine rings is 1. The van der Waals surface area contributed by atoms with E-state index in [1.54, 1.807) is 12.1 Å². The van der Waals surface area contributed by atoms with Gasteiger partial charge in [0.1, 0.15) is 5.82 Å². The quantitative estimate of drug-likeness (QED) is 0.900. The van der Waals surface area contributed by atoms with Gasteiger partial charge in [-0.15, -0.1) is 0 Å². The van der Waals surface area contributed by atoms with Gasteiger partial charge in [-0.05, 0) is 31.5 Å². The van der Waals surface area contributed by atoms with Gasteiger partial charge in [0.2, 0.25) is 0 Å². The first-order valence-corrected chi connectivity index (χ1v) is 7.96. The standard InChI is InChI=1S/C17H28FN3/c1-13(2)12-20-8-10-21(11-9-20)17-15(14(3)19-4)6-5-7-16(17)18/h5-7,13-14,19H,8-12H2,1-4H3. The first-order chi connectivity index (χ1) is 10.0. The summed E-state index contributed by atoms with van der Waals surface area (Å²) in [4.78, 5) is 4.68. The fourth-order valence-electron chi connectivity index (χ4n) is 3.04. The van der Waals surface area contributed by atoms with E-state index >= 15 is 0 Å². The summed E-state index contributed by atoms with van der Waals surface area (Å²) in [7, 11) is 1.92. The van der Waals surface area contributed by atoms with Gasteiger partial charge in [-0.3, -0.25) is 4.90 Å². The van der Waals surface area contributed by atoms with Gasteiger partial charge >= 0.3 is 0 Å². The van der Waals surface area contributed by atoms with Crippen LogP contribution in [-0.4, -0.2) is 44.7 Å². The van der Waals surface area contributed by atoms with Crippen LogP contribution in [-0.2, 0) is 0 Å². The van der Waals surface area contributed by atoms with Crippen LogP contribution in [0.5, 0.6) is 0 Å². The van der Waals surface area contributed by atoms with Gasteiger partial charge in [-0.1, -0.05) is 26.0 Å². The average molecular weight is 293 g/mol. The van der Waals surface area contributed by atoms with Crippen LogP contribution >= 0.6 is 0 Å². The maximum Gasteiger partial charge on any atom is 0.146 e. The Labute approximate surface area is 128 Å². The Kier molecular flexibility index (Phi) is 5.59. The van der Waals surface area contributed by atoms with Crippen molar-refractivity contribution in [3.63, 3.8) is 0 Å². The molecule has 0 radical (unpaired) electrons. The summed E-state index contributed by atoms with van der Waals surface area (Å²) in [6.07, 6.45) is 0. The molecule has 1 aromatic carbocycles. The molecule has 1 fully saturated rings. The second-order valence-electron chi connectivity index (χ2n) is 6.37. The summed E-state index contributed by atoms with van der Waals surface area (Å²) in [6.45, 7) is 11.5. The van der Waals surface area contributed by atoms with Gasteiger partial charge in [-0.2, -0.15) is 0 Å². The molecule has 1 atom stereocenters. The number of nitrogens with zero attached hydrogens (tertiary/aromatic N) is 2. The highest BCUT2D eigenvalue weighted by molar-refractivity contribution is 5.56. The predicted octanol–water partition coefficient (Wildman–Crippen LogP) is 2.88. The normalized spacial score (nSPS) is 18.3. The second-order valence-corrected chi connectivity index (χ2v) is 6.37. The van der Waals surface area contributed by atoms with Gasteiger partial charge in [0.25, 0.3) is 0 Å². The lowest BCUT2D eigenvalue weighted by Crippen LogP contribution is -2.48. The van der Waals surface area contributed by atoms with E-state index in [9.17, 15) is 4.39 Å². The number of nitrogens with one attached hydrogen (secondary N) is 1. The van der Waals surface area contributed by atoms with Gasteiger partial charge in [0.05, 0.1) is 5.69 Å². The molecule has 0 aliphatic carbocycles. The smallest absolute Gasteiger partial charge is 0.146 e. The molecule has 0 aromatic heterocycles. The Morgan fingerprint density at radius 3 is 2.38 bits per heavy atom. The highest BCUT2D eigenvalue weighted by Gasteiger charge is 2.23. The Morgan fingerprint density at radius 1 is 1.14 bits per heavy atom. The number of hydrogen-bond donors (Lipinski definition) is 1. The average Bonchev–Trinajstić information content (AvgIpc) is 2.46. The molecule has 1 aliphatic rings. The van der Waals surface area contributed by atoms with Crippen molar-refractivity contribution in [1.29, 1.82) is 0 Å². The lowest BCUT2D eigenvalue weighted by Gasteiger charge is -2.38. The zero-order chi connectivity index (χ0) is 15.4. The Hall–Kier alpha value is -1.13. The largest absolute Gasteiger partial charge is 0.366 e. The van der Waals surface area contributed by atoms with Crippen molar-refractivity contribution in [1.82, 2.24) is 10.2 Å². The van der Waals surface area contributed by atoms with Gasteiger partial charge in [0.15, 0.2) is 0 Å². The number of benzene rings is 1. The van der Waals surface area contributed by atoms with Gasteiger partial charge < -0.3 is 10.2 Å². The molecule has 1 unspecified atom stereocenters. The molecule has 0 bridgehead atoms. The lowest BCUT2D eigenvalue weighted by atomic mass is 10.0. The van der Waals surface area contributed by atoms with Crippen LogP contribution < -0.4 is 10.2 Å². The molecule has 1 heterocycles. The molecule has 4 heteroatoms. The van der Waals surface area contributed by atoms with E-state index in [1.807, 2.05) is 13.1 Å². The van der Waals surface area contributed by atoms with Crippen LogP contribution in [0.1, 0.15) is 32.4 Å². The third-order valence-electron chi connectivity index (χ3n) is 4.23. The third kappa shape index (κ3) is 3.95. The summed E-state index contributed by atoms with van der Waals surface area (Å²) in [6, 6.07) is 5.56. The summed E-state index contributed by atoms with van der Waals surface area (Å²) in [5, 5.41) is 3.22. The molecule has 0 amide bonds. The molecule has 0 saturated carbocycles. The molecular formula is C17H28FN3. The summed E-state index contributed by atoms with van der Waals surface area (Å²) in [5.74, 6) is 0.580. The van der Waals surface area contributed by atoms with E-state index in [0.717, 1.165) is 44.0 Å². The van der Waals surface area contributed by atoms with Crippen LogP contribution in [0.3, 0.4) is 0 Å². The monoisotopic (exact) mass is 293 g/mol. The molecule has 2 rings (SSSR count). The highest BCUT2D eigenvalue weighted by atomic mass is 19.1. The lowest BCUT2D eigenvalue weighted by molar-refractivity contribution is 0.230. The fraction of sp³-hybridized carbons (Fsp3) is 0.647. The van der Waals surface area contributed by atoms with E-state index in [2.05, 4.69) is 35.9 Å². The molecule has 118 valence electrons. The van der Waals surface area contributed by atoms with Crippen molar-refractivity contribution >= 4 is 5.69 Å². The summed E-state index contributed by atoms with van der Waals surface area (Å²) < 4.78 is 14.4. The molecule has 1 aliphatic heterocycles. The number of rotatable bonds is 5. The first-order valence-electron chi connectivity index (χ1n) is 7.96. The molecule has 3 nitrogen and oxygen atoms in total. The van der Waals surface area contributed by atoms with Crippen molar-refractivity contribution in [2.45, 2.75) is 26.8 Å². The zero-order valence-electron chi connectivity index (χ0n) is 13.7. The van der Waals surface area contributed by atoms with Crippen LogP contribution in [0.4, 0.5) is 10.1 Å². The van der Waals surface area contributed by atoms with Crippen LogP contribution in [0.2, 0.25) is 0 Å².